The van der Waals surface area contributed by atoms with Gasteiger partial charge in [-0.05, 0) is 44.7 Å². The molecule has 1 aromatic rings. The van der Waals surface area contributed by atoms with E-state index in [-0.39, 0.29) is 11.4 Å². The monoisotopic (exact) mass is 265 g/mol. The van der Waals surface area contributed by atoms with Crippen molar-refractivity contribution in [3.05, 3.63) is 29.8 Å². The molecule has 2 atom stereocenters. The highest BCUT2D eigenvalue weighted by molar-refractivity contribution is 6.32. The molecular weight excluding hydrogens is 246 g/mol. The van der Waals surface area contributed by atoms with Crippen molar-refractivity contribution in [1.29, 1.82) is 0 Å². The van der Waals surface area contributed by atoms with Crippen LogP contribution in [-0.4, -0.2) is 16.8 Å². The van der Waals surface area contributed by atoms with Gasteiger partial charge < -0.3 is 4.90 Å². The minimum absolute atomic E-state index is 0.0129. The van der Waals surface area contributed by atoms with E-state index in [0.717, 1.165) is 12.1 Å². The van der Waals surface area contributed by atoms with Crippen LogP contribution in [-0.2, 0) is 4.79 Å². The molecule has 0 N–H and O–H groups in total. The van der Waals surface area contributed by atoms with Crippen molar-refractivity contribution in [3.63, 3.8) is 0 Å². The molecule has 18 heavy (non-hydrogen) atoms. The van der Waals surface area contributed by atoms with Gasteiger partial charge in [-0.1, -0.05) is 25.1 Å². The van der Waals surface area contributed by atoms with Crippen LogP contribution >= 0.6 is 11.6 Å². The Kier molecular flexibility index (Phi) is 3.41. The lowest BCUT2D eigenvalue weighted by atomic mass is 9.80. The molecule has 2 unspecified atom stereocenters. The zero-order valence-electron chi connectivity index (χ0n) is 11.4. The van der Waals surface area contributed by atoms with E-state index in [1.54, 1.807) is 6.92 Å². The SMILES string of the molecule is CC(Cl)C(=O)N1c2ccccc2C(C)CC1(C)C. The van der Waals surface area contributed by atoms with Crippen LogP contribution in [0, 0.1) is 0 Å². The van der Waals surface area contributed by atoms with Gasteiger partial charge in [0.2, 0.25) is 5.91 Å². The summed E-state index contributed by atoms with van der Waals surface area (Å²) < 4.78 is 0. The van der Waals surface area contributed by atoms with E-state index in [0.29, 0.717) is 5.92 Å². The first-order valence-corrected chi connectivity index (χ1v) is 6.85. The average Bonchev–Trinajstić information content (AvgIpc) is 2.27. The van der Waals surface area contributed by atoms with Crippen LogP contribution in [0.5, 0.6) is 0 Å². The summed E-state index contributed by atoms with van der Waals surface area (Å²) in [5.74, 6) is 0.451. The second-order valence-electron chi connectivity index (χ2n) is 5.77. The van der Waals surface area contributed by atoms with Crippen LogP contribution in [0.2, 0.25) is 0 Å². The Morgan fingerprint density at radius 2 is 2.06 bits per heavy atom. The molecule has 0 aliphatic carbocycles. The molecule has 1 aliphatic rings. The number of halogens is 1. The second-order valence-corrected chi connectivity index (χ2v) is 6.42. The summed E-state index contributed by atoms with van der Waals surface area (Å²) in [5.41, 5.74) is 2.06. The summed E-state index contributed by atoms with van der Waals surface area (Å²) >= 11 is 6.00. The predicted octanol–water partition coefficient (Wildman–Crippen LogP) is 3.93. The maximum absolute atomic E-state index is 12.4. The summed E-state index contributed by atoms with van der Waals surface area (Å²) in [7, 11) is 0. The molecule has 1 aromatic carbocycles. The maximum Gasteiger partial charge on any atom is 0.245 e. The summed E-state index contributed by atoms with van der Waals surface area (Å²) in [6, 6.07) is 8.13. The number of benzene rings is 1. The third-order valence-electron chi connectivity index (χ3n) is 3.68. The molecule has 2 nitrogen and oxygen atoms in total. The molecule has 0 bridgehead atoms. The fourth-order valence-corrected chi connectivity index (χ4v) is 3.08. The average molecular weight is 266 g/mol. The molecule has 1 aliphatic heterocycles. The molecule has 1 heterocycles. The quantitative estimate of drug-likeness (QED) is 0.705. The molecule has 2 rings (SSSR count). The number of carbonyl (C=O) groups excluding carboxylic acids is 1. The highest BCUT2D eigenvalue weighted by Crippen LogP contribution is 2.43. The van der Waals surface area contributed by atoms with Crippen molar-refractivity contribution >= 4 is 23.2 Å². The van der Waals surface area contributed by atoms with E-state index in [1.807, 2.05) is 23.1 Å². The van der Waals surface area contributed by atoms with E-state index in [4.69, 9.17) is 11.6 Å². The van der Waals surface area contributed by atoms with Gasteiger partial charge in [0.05, 0.1) is 0 Å². The Balaban J connectivity index is 2.55. The van der Waals surface area contributed by atoms with Crippen molar-refractivity contribution in [2.45, 2.75) is 50.9 Å². The number of carbonyl (C=O) groups is 1. The number of para-hydroxylation sites is 1. The van der Waals surface area contributed by atoms with E-state index in [9.17, 15) is 4.79 Å². The van der Waals surface area contributed by atoms with Gasteiger partial charge in [0.15, 0.2) is 0 Å². The van der Waals surface area contributed by atoms with Gasteiger partial charge in [0, 0.05) is 11.2 Å². The lowest BCUT2D eigenvalue weighted by Crippen LogP contribution is -2.53. The Morgan fingerprint density at radius 1 is 1.44 bits per heavy atom. The number of hydrogen-bond acceptors (Lipinski definition) is 1. The van der Waals surface area contributed by atoms with E-state index in [1.165, 1.54) is 5.56 Å². The molecule has 1 amide bonds. The molecule has 0 spiro atoms. The summed E-state index contributed by atoms with van der Waals surface area (Å²) in [6.45, 7) is 8.17. The van der Waals surface area contributed by atoms with Gasteiger partial charge in [0.25, 0.3) is 0 Å². The van der Waals surface area contributed by atoms with Crippen LogP contribution in [0.1, 0.15) is 45.6 Å². The predicted molar refractivity (Wildman–Crippen MR) is 76.4 cm³/mol. The van der Waals surface area contributed by atoms with Gasteiger partial charge >= 0.3 is 0 Å². The van der Waals surface area contributed by atoms with Crippen molar-refractivity contribution in [2.75, 3.05) is 4.90 Å². The molecule has 0 radical (unpaired) electrons. The second kappa shape index (κ2) is 4.58. The van der Waals surface area contributed by atoms with E-state index >= 15 is 0 Å². The van der Waals surface area contributed by atoms with Crippen molar-refractivity contribution in [2.24, 2.45) is 0 Å². The van der Waals surface area contributed by atoms with Crippen LogP contribution in [0.25, 0.3) is 0 Å². The Labute approximate surface area is 114 Å². The lowest BCUT2D eigenvalue weighted by molar-refractivity contribution is -0.119. The maximum atomic E-state index is 12.4. The fraction of sp³-hybridized carbons (Fsp3) is 0.533. The van der Waals surface area contributed by atoms with Gasteiger partial charge in [-0.2, -0.15) is 0 Å². The van der Waals surface area contributed by atoms with Gasteiger partial charge in [-0.15, -0.1) is 11.6 Å². The van der Waals surface area contributed by atoms with E-state index in [2.05, 4.69) is 26.8 Å². The molecule has 0 saturated carbocycles. The standard InChI is InChI=1S/C15H20ClNO/c1-10-9-15(3,4)17(14(18)11(2)16)13-8-6-5-7-12(10)13/h5-8,10-11H,9H2,1-4H3. The topological polar surface area (TPSA) is 20.3 Å². The van der Waals surface area contributed by atoms with Crippen molar-refractivity contribution < 1.29 is 4.79 Å². The fourth-order valence-electron chi connectivity index (χ4n) is 2.98. The number of amides is 1. The minimum Gasteiger partial charge on any atom is -0.305 e. The van der Waals surface area contributed by atoms with E-state index < -0.39 is 5.38 Å². The molecule has 0 saturated heterocycles. The molecule has 98 valence electrons. The van der Waals surface area contributed by atoms with Gasteiger partial charge in [-0.25, -0.2) is 0 Å². The smallest absolute Gasteiger partial charge is 0.245 e. The van der Waals surface area contributed by atoms with Crippen molar-refractivity contribution in [3.8, 4) is 0 Å². The lowest BCUT2D eigenvalue weighted by Gasteiger charge is -2.46. The highest BCUT2D eigenvalue weighted by atomic mass is 35.5. The van der Waals surface area contributed by atoms with Gasteiger partial charge in [-0.3, -0.25) is 4.79 Å². The molecular formula is C15H20ClNO. The molecule has 0 fully saturated rings. The summed E-state index contributed by atoms with van der Waals surface area (Å²) in [4.78, 5) is 14.3. The third kappa shape index (κ3) is 2.14. The van der Waals surface area contributed by atoms with Crippen LogP contribution in [0.3, 0.4) is 0 Å². The third-order valence-corrected chi connectivity index (χ3v) is 3.87. The zero-order chi connectivity index (χ0) is 13.5. The molecule has 0 aromatic heterocycles. The number of fused-ring (bicyclic) bond motifs is 1. The first kappa shape index (κ1) is 13.4. The molecule has 3 heteroatoms. The minimum atomic E-state index is -0.495. The Hall–Kier alpha value is -1.02. The number of rotatable bonds is 1. The Bertz CT molecular complexity index is 467. The number of hydrogen-bond donors (Lipinski definition) is 0. The van der Waals surface area contributed by atoms with Crippen LogP contribution in [0.4, 0.5) is 5.69 Å². The van der Waals surface area contributed by atoms with Crippen LogP contribution < -0.4 is 4.90 Å². The van der Waals surface area contributed by atoms with Gasteiger partial charge in [0.1, 0.15) is 5.38 Å². The first-order valence-electron chi connectivity index (χ1n) is 6.41. The number of anilines is 1. The number of alkyl halides is 1. The Morgan fingerprint density at radius 3 is 2.67 bits per heavy atom. The van der Waals surface area contributed by atoms with Crippen molar-refractivity contribution in [1.82, 2.24) is 0 Å². The largest absolute Gasteiger partial charge is 0.305 e. The summed E-state index contributed by atoms with van der Waals surface area (Å²) in [5, 5.41) is -0.495. The zero-order valence-corrected chi connectivity index (χ0v) is 12.2. The summed E-state index contributed by atoms with van der Waals surface area (Å²) in [6.07, 6.45) is 0.958. The highest BCUT2D eigenvalue weighted by Gasteiger charge is 2.40. The first-order chi connectivity index (χ1) is 8.34. The number of nitrogens with zero attached hydrogens (tertiary/aromatic N) is 1. The normalized spacial score (nSPS) is 23.4. The van der Waals surface area contributed by atoms with Crippen LogP contribution in [0.15, 0.2) is 24.3 Å².